The predicted molar refractivity (Wildman–Crippen MR) is 45.0 cm³/mol. The van der Waals surface area contributed by atoms with Gasteiger partial charge in [0.15, 0.2) is 0 Å². The normalized spacial score (nSPS) is 13.5. The van der Waals surface area contributed by atoms with Crippen molar-refractivity contribution in [3.8, 4) is 0 Å². The Labute approximate surface area is 66.7 Å². The molecular weight excluding hydrogens is 166 g/mol. The quantitative estimate of drug-likeness (QED) is 0.425. The Hall–Kier alpha value is -0.620. The third kappa shape index (κ3) is 5.81. The van der Waals surface area contributed by atoms with Crippen molar-refractivity contribution in [1.82, 2.24) is 4.72 Å². The van der Waals surface area contributed by atoms with Gasteiger partial charge < -0.3 is 5.73 Å². The fourth-order valence-corrected chi connectivity index (χ4v) is 0.980. The second-order valence-corrected chi connectivity index (χ2v) is 4.09. The lowest BCUT2D eigenvalue weighted by Crippen LogP contribution is -2.24. The average Bonchev–Trinajstić information content (AvgIpc) is 1.87. The van der Waals surface area contributed by atoms with Gasteiger partial charge in [-0.1, -0.05) is 0 Å². The van der Waals surface area contributed by atoms with Crippen LogP contribution in [0.1, 0.15) is 6.92 Å². The number of sulfonamides is 1. The molecule has 0 aliphatic carbocycles. The molecule has 0 aromatic carbocycles. The maximum Gasteiger partial charge on any atom is 0.213 e. The summed E-state index contributed by atoms with van der Waals surface area (Å²) in [5.74, 6) is 0.384. The third-order valence-electron chi connectivity index (χ3n) is 1.03. The van der Waals surface area contributed by atoms with E-state index in [0.29, 0.717) is 5.84 Å². The number of hydrogen-bond acceptors (Lipinski definition) is 3. The maximum atomic E-state index is 10.8. The van der Waals surface area contributed by atoms with Gasteiger partial charge in [-0.15, -0.1) is 0 Å². The highest BCUT2D eigenvalue weighted by Crippen LogP contribution is 1.82. The number of rotatable bonds is 4. The van der Waals surface area contributed by atoms with E-state index < -0.39 is 10.0 Å². The fraction of sp³-hybridized carbons (Fsp3) is 0.800. The molecule has 66 valence electrons. The zero-order chi connectivity index (χ0) is 8.91. The van der Waals surface area contributed by atoms with Gasteiger partial charge in [0, 0.05) is 0 Å². The molecule has 0 bridgehead atoms. The van der Waals surface area contributed by atoms with Gasteiger partial charge in [-0.05, 0) is 14.0 Å². The molecule has 0 saturated heterocycles. The Morgan fingerprint density at radius 2 is 2.18 bits per heavy atom. The lowest BCUT2D eigenvalue weighted by atomic mass is 10.7. The van der Waals surface area contributed by atoms with Crippen LogP contribution < -0.4 is 10.5 Å². The molecule has 0 spiro atoms. The number of amidine groups is 1. The molecule has 0 fully saturated rings. The van der Waals surface area contributed by atoms with Gasteiger partial charge in [0.05, 0.1) is 18.1 Å². The second-order valence-electron chi connectivity index (χ2n) is 2.05. The van der Waals surface area contributed by atoms with Crippen LogP contribution in [0.15, 0.2) is 4.99 Å². The van der Waals surface area contributed by atoms with E-state index >= 15 is 0 Å². The number of aliphatic imine (C=N–C) groups is 1. The number of nitrogens with one attached hydrogen (secondary N) is 1. The van der Waals surface area contributed by atoms with Gasteiger partial charge >= 0.3 is 0 Å². The standard InChI is InChI=1S/C5H13N3O2S/c1-5(6)8-3-4-11(9,10)7-2/h7H,3-4H2,1-2H3,(H2,6,8). The van der Waals surface area contributed by atoms with Crippen molar-refractivity contribution in [2.75, 3.05) is 19.3 Å². The largest absolute Gasteiger partial charge is 0.388 e. The minimum atomic E-state index is -3.13. The molecular formula is C5H13N3O2S. The molecule has 0 rings (SSSR count). The summed E-state index contributed by atoms with van der Waals surface area (Å²) in [4.78, 5) is 3.73. The van der Waals surface area contributed by atoms with Crippen molar-refractivity contribution in [3.05, 3.63) is 0 Å². The molecule has 0 aromatic heterocycles. The summed E-state index contributed by atoms with van der Waals surface area (Å²) >= 11 is 0. The van der Waals surface area contributed by atoms with Crippen LogP contribution in [0, 0.1) is 0 Å². The molecule has 0 aliphatic rings. The van der Waals surface area contributed by atoms with Crippen molar-refractivity contribution >= 4 is 15.9 Å². The van der Waals surface area contributed by atoms with E-state index in [2.05, 4.69) is 9.71 Å². The van der Waals surface area contributed by atoms with Gasteiger partial charge in [-0.3, -0.25) is 4.99 Å². The van der Waals surface area contributed by atoms with Crippen molar-refractivity contribution in [2.45, 2.75) is 6.92 Å². The van der Waals surface area contributed by atoms with Crippen LogP contribution in [-0.4, -0.2) is 33.6 Å². The number of nitrogens with zero attached hydrogens (tertiary/aromatic N) is 1. The highest BCUT2D eigenvalue weighted by molar-refractivity contribution is 7.89. The van der Waals surface area contributed by atoms with E-state index in [0.717, 1.165) is 0 Å². The molecule has 11 heavy (non-hydrogen) atoms. The zero-order valence-electron chi connectivity index (χ0n) is 6.66. The minimum absolute atomic E-state index is 0.0158. The van der Waals surface area contributed by atoms with E-state index in [1.807, 2.05) is 0 Å². The molecule has 3 N–H and O–H groups in total. The van der Waals surface area contributed by atoms with Crippen LogP contribution in [-0.2, 0) is 10.0 Å². The highest BCUT2D eigenvalue weighted by atomic mass is 32.2. The smallest absolute Gasteiger partial charge is 0.213 e. The molecule has 0 saturated carbocycles. The zero-order valence-corrected chi connectivity index (χ0v) is 7.48. The first-order chi connectivity index (χ1) is 4.98. The summed E-state index contributed by atoms with van der Waals surface area (Å²) in [5.41, 5.74) is 5.20. The molecule has 5 nitrogen and oxygen atoms in total. The average molecular weight is 179 g/mol. The number of hydrogen-bond donors (Lipinski definition) is 2. The minimum Gasteiger partial charge on any atom is -0.388 e. The van der Waals surface area contributed by atoms with E-state index in [1.165, 1.54) is 7.05 Å². The van der Waals surface area contributed by atoms with Crippen LogP contribution in [0.25, 0.3) is 0 Å². The van der Waals surface area contributed by atoms with Crippen LogP contribution in [0.4, 0.5) is 0 Å². The summed E-state index contributed by atoms with van der Waals surface area (Å²) in [5, 5.41) is 0. The SMILES string of the molecule is CNS(=O)(=O)CCN=C(C)N. The summed E-state index contributed by atoms with van der Waals surface area (Å²) in [6.45, 7) is 1.83. The van der Waals surface area contributed by atoms with Crippen molar-refractivity contribution < 1.29 is 8.42 Å². The molecule has 0 aromatic rings. The number of nitrogens with two attached hydrogens (primary N) is 1. The van der Waals surface area contributed by atoms with Crippen LogP contribution in [0.2, 0.25) is 0 Å². The molecule has 6 heteroatoms. The van der Waals surface area contributed by atoms with E-state index in [1.54, 1.807) is 6.92 Å². The van der Waals surface area contributed by atoms with Crippen LogP contribution in [0.3, 0.4) is 0 Å². The first-order valence-electron chi connectivity index (χ1n) is 3.15. The molecule has 0 radical (unpaired) electrons. The second kappa shape index (κ2) is 4.30. The van der Waals surface area contributed by atoms with E-state index in [-0.39, 0.29) is 12.3 Å². The van der Waals surface area contributed by atoms with Gasteiger partial charge in [0.2, 0.25) is 10.0 Å². The predicted octanol–water partition coefficient (Wildman–Crippen LogP) is -1.09. The molecule has 0 aliphatic heterocycles. The van der Waals surface area contributed by atoms with Gasteiger partial charge in [-0.2, -0.15) is 0 Å². The monoisotopic (exact) mass is 179 g/mol. The third-order valence-corrected chi connectivity index (χ3v) is 2.37. The Balaban J connectivity index is 3.82. The van der Waals surface area contributed by atoms with Gasteiger partial charge in [0.25, 0.3) is 0 Å². The Morgan fingerprint density at radius 1 is 1.64 bits per heavy atom. The van der Waals surface area contributed by atoms with E-state index in [4.69, 9.17) is 5.73 Å². The lowest BCUT2D eigenvalue weighted by Gasteiger charge is -1.98. The molecule has 0 amide bonds. The summed E-state index contributed by atoms with van der Waals surface area (Å²) in [6, 6.07) is 0. The molecule has 0 atom stereocenters. The summed E-state index contributed by atoms with van der Waals surface area (Å²) in [6.07, 6.45) is 0. The van der Waals surface area contributed by atoms with Crippen LogP contribution >= 0.6 is 0 Å². The van der Waals surface area contributed by atoms with Crippen molar-refractivity contribution in [3.63, 3.8) is 0 Å². The maximum absolute atomic E-state index is 10.8. The Morgan fingerprint density at radius 3 is 2.55 bits per heavy atom. The van der Waals surface area contributed by atoms with E-state index in [9.17, 15) is 8.42 Å². The van der Waals surface area contributed by atoms with Crippen molar-refractivity contribution in [1.29, 1.82) is 0 Å². The highest BCUT2D eigenvalue weighted by Gasteiger charge is 2.04. The molecule has 0 unspecified atom stereocenters. The summed E-state index contributed by atoms with van der Waals surface area (Å²) in [7, 11) is -1.76. The van der Waals surface area contributed by atoms with Gasteiger partial charge in [0.1, 0.15) is 0 Å². The first-order valence-corrected chi connectivity index (χ1v) is 4.81. The molecule has 0 heterocycles. The summed E-state index contributed by atoms with van der Waals surface area (Å²) < 4.78 is 23.7. The Bertz CT molecular complexity index is 228. The first kappa shape index (κ1) is 10.4. The fourth-order valence-electron chi connectivity index (χ4n) is 0.444. The lowest BCUT2D eigenvalue weighted by molar-refractivity contribution is 0.588. The van der Waals surface area contributed by atoms with Crippen LogP contribution in [0.5, 0.6) is 0 Å². The van der Waals surface area contributed by atoms with Gasteiger partial charge in [-0.25, -0.2) is 13.1 Å². The van der Waals surface area contributed by atoms with Crippen molar-refractivity contribution in [2.24, 2.45) is 10.7 Å². The Kier molecular flexibility index (Phi) is 4.06. The topological polar surface area (TPSA) is 84.5 Å².